The van der Waals surface area contributed by atoms with Gasteiger partial charge in [0.2, 0.25) is 11.8 Å². The van der Waals surface area contributed by atoms with Gasteiger partial charge >= 0.3 is 0 Å². The standard InChI is InChI=1S/C29H21Cl2N3O3S/c1-16-3-10-26-24(13-16)32-28(37-26)18-5-4-17(2)23(14-18)33-29(38)34-27(35)12-8-20-7-11-25(36-20)21-9-6-19(30)15-22(21)31/h3-15H,1-2H3,(H2,33,34,35,38)/b12-8+. The lowest BCUT2D eigenvalue weighted by molar-refractivity contribution is -0.115. The van der Waals surface area contributed by atoms with Crippen molar-refractivity contribution in [3.05, 3.63) is 99.7 Å². The van der Waals surface area contributed by atoms with Crippen LogP contribution in [-0.2, 0) is 4.79 Å². The Balaban J connectivity index is 1.24. The summed E-state index contributed by atoms with van der Waals surface area (Å²) in [6.45, 7) is 3.95. The van der Waals surface area contributed by atoms with E-state index in [0.717, 1.165) is 33.5 Å². The number of fused-ring (bicyclic) bond motifs is 1. The number of nitrogens with one attached hydrogen (secondary N) is 2. The minimum atomic E-state index is -0.409. The van der Waals surface area contributed by atoms with Gasteiger partial charge in [-0.25, -0.2) is 4.98 Å². The molecule has 1 amide bonds. The van der Waals surface area contributed by atoms with E-state index in [0.29, 0.717) is 33.0 Å². The number of aryl methyl sites for hydroxylation is 2. The molecule has 0 aliphatic carbocycles. The number of carbonyl (C=O) groups excluding carboxylic acids is 1. The molecule has 0 fully saturated rings. The first-order valence-corrected chi connectivity index (χ1v) is 12.7. The molecule has 190 valence electrons. The van der Waals surface area contributed by atoms with E-state index in [1.165, 1.54) is 6.08 Å². The number of benzene rings is 3. The fourth-order valence-corrected chi connectivity index (χ4v) is 4.50. The normalized spacial score (nSPS) is 11.3. The number of oxazole rings is 1. The van der Waals surface area contributed by atoms with E-state index in [1.54, 1.807) is 36.4 Å². The molecule has 3 aromatic carbocycles. The fraction of sp³-hybridized carbons (Fsp3) is 0.0690. The van der Waals surface area contributed by atoms with Crippen LogP contribution in [0.2, 0.25) is 10.0 Å². The summed E-state index contributed by atoms with van der Waals surface area (Å²) in [5.41, 5.74) is 5.78. The van der Waals surface area contributed by atoms with Crippen LogP contribution >= 0.6 is 35.4 Å². The number of thiocarbonyl (C=S) groups is 1. The molecule has 0 saturated heterocycles. The molecule has 5 rings (SSSR count). The van der Waals surface area contributed by atoms with Crippen molar-refractivity contribution in [3.8, 4) is 22.8 Å². The van der Waals surface area contributed by atoms with Crippen LogP contribution in [0.4, 0.5) is 5.69 Å². The van der Waals surface area contributed by atoms with Gasteiger partial charge in [0, 0.05) is 27.9 Å². The van der Waals surface area contributed by atoms with Gasteiger partial charge in [-0.1, -0.05) is 35.3 Å². The summed E-state index contributed by atoms with van der Waals surface area (Å²) in [5.74, 6) is 1.14. The van der Waals surface area contributed by atoms with Crippen molar-refractivity contribution >= 4 is 69.3 Å². The van der Waals surface area contributed by atoms with Crippen LogP contribution in [0.1, 0.15) is 16.9 Å². The van der Waals surface area contributed by atoms with Crippen LogP contribution in [0.25, 0.3) is 40.0 Å². The van der Waals surface area contributed by atoms with Gasteiger partial charge in [-0.3, -0.25) is 10.1 Å². The second kappa shape index (κ2) is 10.8. The predicted molar refractivity (Wildman–Crippen MR) is 156 cm³/mol. The maximum atomic E-state index is 12.5. The fourth-order valence-electron chi connectivity index (χ4n) is 3.79. The van der Waals surface area contributed by atoms with Crippen LogP contribution in [0.15, 0.2) is 81.6 Å². The van der Waals surface area contributed by atoms with Gasteiger partial charge < -0.3 is 14.2 Å². The first-order chi connectivity index (χ1) is 18.2. The molecule has 9 heteroatoms. The maximum absolute atomic E-state index is 12.5. The third-order valence-corrected chi connectivity index (χ3v) is 6.49. The smallest absolute Gasteiger partial charge is 0.250 e. The Morgan fingerprint density at radius 3 is 2.63 bits per heavy atom. The number of carbonyl (C=O) groups is 1. The number of furan rings is 1. The van der Waals surface area contributed by atoms with E-state index in [9.17, 15) is 4.79 Å². The number of halogens is 2. The van der Waals surface area contributed by atoms with Crippen molar-refractivity contribution in [2.24, 2.45) is 0 Å². The Morgan fingerprint density at radius 1 is 0.974 bits per heavy atom. The average Bonchev–Trinajstić information content (AvgIpc) is 3.51. The molecular weight excluding hydrogens is 541 g/mol. The second-order valence-corrected chi connectivity index (χ2v) is 9.87. The van der Waals surface area contributed by atoms with Crippen molar-refractivity contribution in [2.75, 3.05) is 5.32 Å². The molecule has 6 nitrogen and oxygen atoms in total. The van der Waals surface area contributed by atoms with Crippen molar-refractivity contribution in [1.82, 2.24) is 10.3 Å². The van der Waals surface area contributed by atoms with E-state index in [-0.39, 0.29) is 5.11 Å². The highest BCUT2D eigenvalue weighted by atomic mass is 35.5. The second-order valence-electron chi connectivity index (χ2n) is 8.62. The third kappa shape index (κ3) is 5.81. The molecule has 2 aromatic heterocycles. The number of amides is 1. The van der Waals surface area contributed by atoms with Crippen LogP contribution in [-0.4, -0.2) is 16.0 Å². The molecule has 0 aliphatic rings. The van der Waals surface area contributed by atoms with E-state index >= 15 is 0 Å². The Morgan fingerprint density at radius 2 is 1.82 bits per heavy atom. The Hall–Kier alpha value is -3.91. The summed E-state index contributed by atoms with van der Waals surface area (Å²) in [6, 6.07) is 20.3. The zero-order valence-corrected chi connectivity index (χ0v) is 22.7. The molecule has 0 spiro atoms. The Labute approximate surface area is 234 Å². The number of anilines is 1. The largest absolute Gasteiger partial charge is 0.457 e. The molecule has 0 radical (unpaired) electrons. The monoisotopic (exact) mass is 561 g/mol. The molecule has 0 saturated carbocycles. The average molecular weight is 562 g/mol. The van der Waals surface area contributed by atoms with Gasteiger partial charge in [0.15, 0.2) is 10.7 Å². The molecular formula is C29H21Cl2N3O3S. The number of hydrogen-bond donors (Lipinski definition) is 2. The van der Waals surface area contributed by atoms with Gasteiger partial charge in [0.1, 0.15) is 17.0 Å². The SMILES string of the molecule is Cc1ccc2oc(-c3ccc(C)c(NC(=S)NC(=O)/C=C/c4ccc(-c5ccc(Cl)cc5Cl)o4)c3)nc2c1. The van der Waals surface area contributed by atoms with Gasteiger partial charge in [-0.2, -0.15) is 0 Å². The summed E-state index contributed by atoms with van der Waals surface area (Å²) in [6.07, 6.45) is 2.88. The number of nitrogens with zero attached hydrogens (tertiary/aromatic N) is 1. The summed E-state index contributed by atoms with van der Waals surface area (Å²) in [5, 5.41) is 6.89. The zero-order chi connectivity index (χ0) is 26.8. The highest BCUT2D eigenvalue weighted by molar-refractivity contribution is 7.80. The molecule has 5 aromatic rings. The van der Waals surface area contributed by atoms with Gasteiger partial charge in [-0.15, -0.1) is 0 Å². The minimum Gasteiger partial charge on any atom is -0.457 e. The number of rotatable bonds is 5. The molecule has 0 unspecified atom stereocenters. The summed E-state index contributed by atoms with van der Waals surface area (Å²) in [4.78, 5) is 17.1. The van der Waals surface area contributed by atoms with Crippen LogP contribution in [0.5, 0.6) is 0 Å². The summed E-state index contributed by atoms with van der Waals surface area (Å²) >= 11 is 17.6. The lowest BCUT2D eigenvalue weighted by atomic mass is 10.1. The molecule has 0 atom stereocenters. The number of hydrogen-bond acceptors (Lipinski definition) is 5. The summed E-state index contributed by atoms with van der Waals surface area (Å²) < 4.78 is 11.7. The highest BCUT2D eigenvalue weighted by Gasteiger charge is 2.12. The van der Waals surface area contributed by atoms with Crippen molar-refractivity contribution in [1.29, 1.82) is 0 Å². The number of aromatic nitrogens is 1. The van der Waals surface area contributed by atoms with Gasteiger partial charge in [-0.05, 0) is 97.9 Å². The predicted octanol–water partition coefficient (Wildman–Crippen LogP) is 8.20. The maximum Gasteiger partial charge on any atom is 0.250 e. The first kappa shape index (κ1) is 25.7. The van der Waals surface area contributed by atoms with Crippen LogP contribution in [0, 0.1) is 13.8 Å². The highest BCUT2D eigenvalue weighted by Crippen LogP contribution is 2.32. The summed E-state index contributed by atoms with van der Waals surface area (Å²) in [7, 11) is 0. The van der Waals surface area contributed by atoms with E-state index in [4.69, 9.17) is 44.3 Å². The lowest BCUT2D eigenvalue weighted by Gasteiger charge is -2.11. The van der Waals surface area contributed by atoms with Crippen molar-refractivity contribution in [2.45, 2.75) is 13.8 Å². The van der Waals surface area contributed by atoms with E-state index < -0.39 is 5.91 Å². The van der Waals surface area contributed by atoms with E-state index in [2.05, 4.69) is 15.6 Å². The molecule has 38 heavy (non-hydrogen) atoms. The topological polar surface area (TPSA) is 80.3 Å². The van der Waals surface area contributed by atoms with Crippen molar-refractivity contribution < 1.29 is 13.6 Å². The molecule has 0 aliphatic heterocycles. The van der Waals surface area contributed by atoms with E-state index in [1.807, 2.05) is 50.2 Å². The zero-order valence-electron chi connectivity index (χ0n) is 20.3. The Kier molecular flexibility index (Phi) is 7.33. The Bertz CT molecular complexity index is 1720. The van der Waals surface area contributed by atoms with Gasteiger partial charge in [0.05, 0.1) is 5.02 Å². The third-order valence-electron chi connectivity index (χ3n) is 5.73. The first-order valence-electron chi connectivity index (χ1n) is 11.6. The quantitative estimate of drug-likeness (QED) is 0.166. The van der Waals surface area contributed by atoms with Crippen molar-refractivity contribution in [3.63, 3.8) is 0 Å². The lowest BCUT2D eigenvalue weighted by Crippen LogP contribution is -2.33. The molecule has 0 bridgehead atoms. The van der Waals surface area contributed by atoms with Crippen LogP contribution < -0.4 is 10.6 Å². The van der Waals surface area contributed by atoms with Crippen LogP contribution in [0.3, 0.4) is 0 Å². The molecule has 2 N–H and O–H groups in total. The minimum absolute atomic E-state index is 0.154. The van der Waals surface area contributed by atoms with Gasteiger partial charge in [0.25, 0.3) is 0 Å². The molecule has 2 heterocycles.